The molecular formula is C25H27Cl2N3O. The molecule has 2 aliphatic heterocycles. The Bertz CT molecular complexity index is 1080. The number of hydrogen-bond donors (Lipinski definition) is 1. The van der Waals surface area contributed by atoms with Gasteiger partial charge in [0.25, 0.3) is 5.91 Å². The first kappa shape index (κ1) is 20.9. The van der Waals surface area contributed by atoms with Crippen molar-refractivity contribution in [3.05, 3.63) is 69.8 Å². The molecule has 5 rings (SSSR count). The molecule has 6 heteroatoms. The van der Waals surface area contributed by atoms with Crippen LogP contribution in [-0.2, 0) is 6.42 Å². The Kier molecular flexibility index (Phi) is 5.72. The van der Waals surface area contributed by atoms with Crippen LogP contribution in [0.15, 0.2) is 48.7 Å². The molecule has 3 aromatic rings. The van der Waals surface area contributed by atoms with E-state index in [1.54, 1.807) is 18.2 Å². The van der Waals surface area contributed by atoms with Crippen molar-refractivity contribution >= 4 is 40.0 Å². The summed E-state index contributed by atoms with van der Waals surface area (Å²) < 4.78 is 0. The Morgan fingerprint density at radius 3 is 2.48 bits per heavy atom. The topological polar surface area (TPSA) is 39.3 Å². The van der Waals surface area contributed by atoms with E-state index in [-0.39, 0.29) is 11.9 Å². The Balaban J connectivity index is 1.43. The minimum absolute atomic E-state index is 0.0261. The van der Waals surface area contributed by atoms with Crippen molar-refractivity contribution in [1.82, 2.24) is 14.8 Å². The van der Waals surface area contributed by atoms with Crippen molar-refractivity contribution < 1.29 is 4.79 Å². The number of para-hydroxylation sites is 1. The third kappa shape index (κ3) is 4.09. The van der Waals surface area contributed by atoms with E-state index in [1.807, 2.05) is 6.07 Å². The van der Waals surface area contributed by atoms with Gasteiger partial charge in [0.2, 0.25) is 0 Å². The van der Waals surface area contributed by atoms with Gasteiger partial charge in [-0.25, -0.2) is 0 Å². The molecule has 1 aromatic heterocycles. The van der Waals surface area contributed by atoms with Gasteiger partial charge in [-0.1, -0.05) is 41.4 Å². The van der Waals surface area contributed by atoms with Gasteiger partial charge in [0, 0.05) is 57.4 Å². The number of piperidine rings is 1. The van der Waals surface area contributed by atoms with Crippen LogP contribution in [0.2, 0.25) is 10.0 Å². The first-order valence-electron chi connectivity index (χ1n) is 11.0. The summed E-state index contributed by atoms with van der Waals surface area (Å²) in [6.45, 7) is 0.679. The number of nitrogens with zero attached hydrogens (tertiary/aromatic N) is 2. The lowest BCUT2D eigenvalue weighted by Crippen LogP contribution is -2.51. The van der Waals surface area contributed by atoms with Gasteiger partial charge >= 0.3 is 0 Å². The van der Waals surface area contributed by atoms with Gasteiger partial charge in [-0.3, -0.25) is 4.79 Å². The Morgan fingerprint density at radius 2 is 1.77 bits per heavy atom. The second kappa shape index (κ2) is 8.50. The number of amides is 1. The number of carbonyl (C=O) groups is 1. The molecule has 2 atom stereocenters. The molecule has 0 radical (unpaired) electrons. The molecule has 162 valence electrons. The van der Waals surface area contributed by atoms with Gasteiger partial charge in [-0.15, -0.1) is 0 Å². The van der Waals surface area contributed by atoms with Gasteiger partial charge in [0.05, 0.1) is 0 Å². The summed E-state index contributed by atoms with van der Waals surface area (Å²) in [7, 11) is 2.23. The summed E-state index contributed by atoms with van der Waals surface area (Å²) in [5.74, 6) is 0.0261. The fourth-order valence-corrected chi connectivity index (χ4v) is 6.04. The third-order valence-corrected chi connectivity index (χ3v) is 7.62. The molecule has 3 heterocycles. The summed E-state index contributed by atoms with van der Waals surface area (Å²) in [6.07, 6.45) is 7.39. The fraction of sp³-hybridized carbons (Fsp3) is 0.400. The van der Waals surface area contributed by atoms with Gasteiger partial charge in [0.15, 0.2) is 0 Å². The first-order valence-corrected chi connectivity index (χ1v) is 11.8. The molecule has 1 N–H and O–H groups in total. The highest BCUT2D eigenvalue weighted by Crippen LogP contribution is 2.37. The molecule has 2 bridgehead atoms. The minimum Gasteiger partial charge on any atom is -0.361 e. The molecule has 2 fully saturated rings. The van der Waals surface area contributed by atoms with Crippen LogP contribution in [0.5, 0.6) is 0 Å². The number of hydrogen-bond acceptors (Lipinski definition) is 2. The summed E-state index contributed by atoms with van der Waals surface area (Å²) >= 11 is 12.4. The molecule has 2 unspecified atom stereocenters. The second-order valence-electron chi connectivity index (χ2n) is 8.94. The molecule has 1 amide bonds. The monoisotopic (exact) mass is 455 g/mol. The number of halogens is 2. The number of benzene rings is 2. The van der Waals surface area contributed by atoms with Gasteiger partial charge in [-0.2, -0.15) is 0 Å². The highest BCUT2D eigenvalue weighted by Gasteiger charge is 2.41. The van der Waals surface area contributed by atoms with Crippen LogP contribution in [0.1, 0.15) is 41.6 Å². The van der Waals surface area contributed by atoms with Gasteiger partial charge in [0.1, 0.15) is 0 Å². The first-order chi connectivity index (χ1) is 15.0. The van der Waals surface area contributed by atoms with Crippen molar-refractivity contribution in [2.75, 3.05) is 13.6 Å². The summed E-state index contributed by atoms with van der Waals surface area (Å²) in [5, 5.41) is 2.22. The molecule has 0 aliphatic carbocycles. The molecular weight excluding hydrogens is 429 g/mol. The van der Waals surface area contributed by atoms with Crippen molar-refractivity contribution in [1.29, 1.82) is 0 Å². The predicted molar refractivity (Wildman–Crippen MR) is 127 cm³/mol. The number of H-pyrrole nitrogens is 1. The van der Waals surface area contributed by atoms with E-state index in [4.69, 9.17) is 23.2 Å². The SMILES string of the molecule is CN1C2CCC1CC(N(CCc1c[nH]c3ccccc13)C(=O)c1cc(Cl)cc(Cl)c1)C2. The predicted octanol–water partition coefficient (Wildman–Crippen LogP) is 5.78. The summed E-state index contributed by atoms with van der Waals surface area (Å²) in [5.41, 5.74) is 2.95. The van der Waals surface area contributed by atoms with Crippen molar-refractivity contribution in [3.8, 4) is 0 Å². The maximum absolute atomic E-state index is 13.7. The van der Waals surface area contributed by atoms with E-state index in [0.29, 0.717) is 34.2 Å². The van der Waals surface area contributed by atoms with E-state index >= 15 is 0 Å². The normalized spacial score (nSPS) is 23.4. The van der Waals surface area contributed by atoms with E-state index < -0.39 is 0 Å². The second-order valence-corrected chi connectivity index (χ2v) is 9.81. The van der Waals surface area contributed by atoms with E-state index in [0.717, 1.165) is 24.8 Å². The van der Waals surface area contributed by atoms with Crippen molar-refractivity contribution in [2.45, 2.75) is 50.2 Å². The lowest BCUT2D eigenvalue weighted by Gasteiger charge is -2.42. The van der Waals surface area contributed by atoms with Crippen molar-refractivity contribution in [2.24, 2.45) is 0 Å². The number of aromatic nitrogens is 1. The van der Waals surface area contributed by atoms with Crippen LogP contribution in [0.25, 0.3) is 10.9 Å². The van der Waals surface area contributed by atoms with Crippen LogP contribution >= 0.6 is 23.2 Å². The molecule has 0 spiro atoms. The zero-order valence-corrected chi connectivity index (χ0v) is 19.2. The van der Waals surface area contributed by atoms with Gasteiger partial charge < -0.3 is 14.8 Å². The number of fused-ring (bicyclic) bond motifs is 3. The summed E-state index contributed by atoms with van der Waals surface area (Å²) in [6, 6.07) is 14.8. The lowest BCUT2D eigenvalue weighted by atomic mass is 9.95. The highest BCUT2D eigenvalue weighted by atomic mass is 35.5. The quantitative estimate of drug-likeness (QED) is 0.528. The maximum atomic E-state index is 13.7. The Labute approximate surface area is 193 Å². The van der Waals surface area contributed by atoms with Crippen molar-refractivity contribution in [3.63, 3.8) is 0 Å². The standard InChI is InChI=1S/C25H27Cl2N3O/c1-29-20-6-7-21(29)14-22(13-20)30(25(31)17-10-18(26)12-19(27)11-17)9-8-16-15-28-24-5-3-2-4-23(16)24/h2-5,10-12,15,20-22,28H,6-9,13-14H2,1H3. The number of rotatable bonds is 5. The van der Waals surface area contributed by atoms with Gasteiger partial charge in [-0.05, 0) is 69.0 Å². The average molecular weight is 456 g/mol. The van der Waals surface area contributed by atoms with Crippen LogP contribution in [0, 0.1) is 0 Å². The largest absolute Gasteiger partial charge is 0.361 e. The van der Waals surface area contributed by atoms with Crippen LogP contribution < -0.4 is 0 Å². The van der Waals surface area contributed by atoms with E-state index in [9.17, 15) is 4.79 Å². The Hall–Kier alpha value is -2.01. The fourth-order valence-electron chi connectivity index (χ4n) is 5.51. The minimum atomic E-state index is 0.0261. The van der Waals surface area contributed by atoms with E-state index in [1.165, 1.54) is 23.8 Å². The maximum Gasteiger partial charge on any atom is 0.254 e. The zero-order valence-electron chi connectivity index (χ0n) is 17.7. The van der Waals surface area contributed by atoms with Crippen LogP contribution in [-0.4, -0.2) is 52.4 Å². The molecule has 0 saturated carbocycles. The molecule has 4 nitrogen and oxygen atoms in total. The smallest absolute Gasteiger partial charge is 0.254 e. The highest BCUT2D eigenvalue weighted by molar-refractivity contribution is 6.35. The Morgan fingerprint density at radius 1 is 1.10 bits per heavy atom. The van der Waals surface area contributed by atoms with Crippen LogP contribution in [0.4, 0.5) is 0 Å². The molecule has 31 heavy (non-hydrogen) atoms. The third-order valence-electron chi connectivity index (χ3n) is 7.18. The molecule has 2 aromatic carbocycles. The molecule has 2 aliphatic rings. The van der Waals surface area contributed by atoms with Crippen LogP contribution in [0.3, 0.4) is 0 Å². The lowest BCUT2D eigenvalue weighted by molar-refractivity contribution is 0.0488. The van der Waals surface area contributed by atoms with E-state index in [2.05, 4.69) is 46.2 Å². The number of aromatic amines is 1. The number of carbonyl (C=O) groups excluding carboxylic acids is 1. The average Bonchev–Trinajstić information content (AvgIpc) is 3.23. The zero-order chi connectivity index (χ0) is 21.5. The number of nitrogens with one attached hydrogen (secondary N) is 1. The summed E-state index contributed by atoms with van der Waals surface area (Å²) in [4.78, 5) is 21.6. The molecule has 2 saturated heterocycles.